The second-order valence-electron chi connectivity index (χ2n) is 9.27. The van der Waals surface area contributed by atoms with Crippen LogP contribution in [0.4, 0.5) is 0 Å². The van der Waals surface area contributed by atoms with Crippen LogP contribution in [0.25, 0.3) is 22.5 Å². The number of rotatable bonds is 7. The van der Waals surface area contributed by atoms with Gasteiger partial charge in [-0.1, -0.05) is 43.3 Å². The number of piperidine rings is 1. The van der Waals surface area contributed by atoms with Crippen molar-refractivity contribution in [1.82, 2.24) is 15.8 Å². The second-order valence-corrected chi connectivity index (χ2v) is 9.27. The van der Waals surface area contributed by atoms with Gasteiger partial charge in [-0.2, -0.15) is 0 Å². The summed E-state index contributed by atoms with van der Waals surface area (Å²) >= 11 is 0. The van der Waals surface area contributed by atoms with E-state index in [1.807, 2.05) is 32.9 Å². The van der Waals surface area contributed by atoms with Crippen LogP contribution in [0.3, 0.4) is 0 Å². The summed E-state index contributed by atoms with van der Waals surface area (Å²) in [5.74, 6) is 0.545. The van der Waals surface area contributed by atoms with Gasteiger partial charge in [0.2, 0.25) is 0 Å². The first-order chi connectivity index (χ1) is 16.4. The summed E-state index contributed by atoms with van der Waals surface area (Å²) in [4.78, 5) is 12.8. The fraction of sp³-hybridized carbons (Fsp3) is 0.407. The summed E-state index contributed by atoms with van der Waals surface area (Å²) < 4.78 is 5.65. The van der Waals surface area contributed by atoms with E-state index in [-0.39, 0.29) is 29.0 Å². The summed E-state index contributed by atoms with van der Waals surface area (Å²) in [6.45, 7) is 8.34. The van der Waals surface area contributed by atoms with Crippen molar-refractivity contribution in [3.63, 3.8) is 0 Å². The van der Waals surface area contributed by atoms with Crippen molar-refractivity contribution < 1.29 is 19.5 Å². The number of amides is 1. The van der Waals surface area contributed by atoms with Gasteiger partial charge in [0.15, 0.2) is 11.5 Å². The van der Waals surface area contributed by atoms with Crippen LogP contribution >= 0.6 is 0 Å². The van der Waals surface area contributed by atoms with Crippen LogP contribution in [0.15, 0.2) is 40.9 Å². The van der Waals surface area contributed by atoms with E-state index in [0.29, 0.717) is 34.9 Å². The van der Waals surface area contributed by atoms with Crippen molar-refractivity contribution in [2.45, 2.75) is 46.0 Å². The van der Waals surface area contributed by atoms with Crippen molar-refractivity contribution in [2.24, 2.45) is 5.92 Å². The highest BCUT2D eigenvalue weighted by Gasteiger charge is 2.27. The number of aromatic nitrogens is 1. The van der Waals surface area contributed by atoms with Crippen LogP contribution in [0.2, 0.25) is 0 Å². The van der Waals surface area contributed by atoms with Crippen LogP contribution in [0.1, 0.15) is 61.1 Å². The van der Waals surface area contributed by atoms with E-state index < -0.39 is 0 Å². The Balaban J connectivity index is 1.76. The summed E-state index contributed by atoms with van der Waals surface area (Å²) in [6, 6.07) is 11.2. The molecule has 1 fully saturated rings. The lowest BCUT2D eigenvalue weighted by molar-refractivity contribution is 0.0947. The molecule has 7 nitrogen and oxygen atoms in total. The maximum atomic E-state index is 12.8. The van der Waals surface area contributed by atoms with Crippen LogP contribution in [-0.4, -0.2) is 40.9 Å². The minimum absolute atomic E-state index is 0.0172. The molecule has 1 amide bonds. The number of aromatic hydroxyl groups is 2. The van der Waals surface area contributed by atoms with Crippen LogP contribution in [0, 0.1) is 5.92 Å². The van der Waals surface area contributed by atoms with Gasteiger partial charge in [-0.3, -0.25) is 4.79 Å². The number of carbonyl (C=O) groups is 1. The average molecular weight is 464 g/mol. The molecule has 0 radical (unpaired) electrons. The molecule has 3 aromatic rings. The highest BCUT2D eigenvalue weighted by Crippen LogP contribution is 2.43. The molecule has 1 aliphatic rings. The molecule has 1 aliphatic heterocycles. The van der Waals surface area contributed by atoms with Crippen LogP contribution in [-0.2, 0) is 6.42 Å². The molecule has 0 aliphatic carbocycles. The molecule has 0 atom stereocenters. The highest BCUT2D eigenvalue weighted by atomic mass is 16.5. The molecule has 7 heteroatoms. The van der Waals surface area contributed by atoms with Gasteiger partial charge in [-0.25, -0.2) is 0 Å². The Kier molecular flexibility index (Phi) is 7.22. The Morgan fingerprint density at radius 2 is 1.85 bits per heavy atom. The molecule has 4 N–H and O–H groups in total. The third-order valence-corrected chi connectivity index (χ3v) is 6.48. The van der Waals surface area contributed by atoms with Crippen LogP contribution in [0.5, 0.6) is 11.5 Å². The summed E-state index contributed by atoms with van der Waals surface area (Å²) in [7, 11) is 0. The number of benzene rings is 2. The summed E-state index contributed by atoms with van der Waals surface area (Å²) in [5.41, 5.74) is 3.79. The molecule has 1 aromatic heterocycles. The minimum atomic E-state index is -0.339. The molecule has 180 valence electrons. The zero-order valence-electron chi connectivity index (χ0n) is 20.0. The zero-order chi connectivity index (χ0) is 24.2. The number of nitrogens with zero attached hydrogens (tertiary/aromatic N) is 1. The quantitative estimate of drug-likeness (QED) is 0.400. The molecule has 0 unspecified atom stereocenters. The summed E-state index contributed by atoms with van der Waals surface area (Å²) in [6.07, 6.45) is 3.38. The van der Waals surface area contributed by atoms with Gasteiger partial charge >= 0.3 is 0 Å². The van der Waals surface area contributed by atoms with Gasteiger partial charge in [0, 0.05) is 12.6 Å². The highest BCUT2D eigenvalue weighted by molar-refractivity contribution is 6.02. The molecule has 0 spiro atoms. The van der Waals surface area contributed by atoms with Crippen molar-refractivity contribution in [3.05, 3.63) is 53.2 Å². The molecule has 34 heavy (non-hydrogen) atoms. The standard InChI is InChI=1S/C27H33N3O4/c1-4-29-27(33)25-24(19-7-5-17(6-8-19)13-18-9-11-28-12-10-18)26(34-30-25)21-14-20(16(2)3)22(31)15-23(21)32/h5-8,14-16,18,28,31-32H,4,9-13H2,1-3H3,(H,29,33). The number of phenolic OH excluding ortho intramolecular Hbond substituents is 2. The molecule has 0 bridgehead atoms. The van der Waals surface area contributed by atoms with E-state index in [9.17, 15) is 15.0 Å². The lowest BCUT2D eigenvalue weighted by Gasteiger charge is -2.22. The van der Waals surface area contributed by atoms with Gasteiger partial charge in [0.1, 0.15) is 11.5 Å². The smallest absolute Gasteiger partial charge is 0.274 e. The first-order valence-corrected chi connectivity index (χ1v) is 12.0. The predicted molar refractivity (Wildman–Crippen MR) is 132 cm³/mol. The summed E-state index contributed by atoms with van der Waals surface area (Å²) in [5, 5.41) is 31.2. The average Bonchev–Trinajstić information content (AvgIpc) is 3.25. The number of carbonyl (C=O) groups excluding carboxylic acids is 1. The van der Waals surface area contributed by atoms with Gasteiger partial charge in [-0.15, -0.1) is 0 Å². The SMILES string of the molecule is CCNC(=O)c1noc(-c2cc(C(C)C)c(O)cc2O)c1-c1ccc(CC2CCNCC2)cc1. The van der Waals surface area contributed by atoms with E-state index in [4.69, 9.17) is 4.52 Å². The lowest BCUT2D eigenvalue weighted by atomic mass is 9.90. The number of phenols is 2. The fourth-order valence-electron chi connectivity index (χ4n) is 4.61. The van der Waals surface area contributed by atoms with Crippen molar-refractivity contribution >= 4 is 5.91 Å². The van der Waals surface area contributed by atoms with E-state index in [0.717, 1.165) is 25.1 Å². The topological polar surface area (TPSA) is 108 Å². The van der Waals surface area contributed by atoms with E-state index in [2.05, 4.69) is 27.9 Å². The lowest BCUT2D eigenvalue weighted by Crippen LogP contribution is -2.28. The number of nitrogens with one attached hydrogen (secondary N) is 2. The fourth-order valence-corrected chi connectivity index (χ4v) is 4.61. The van der Waals surface area contributed by atoms with Gasteiger partial charge in [-0.05, 0) is 73.9 Å². The second kappa shape index (κ2) is 10.3. The maximum Gasteiger partial charge on any atom is 0.274 e. The van der Waals surface area contributed by atoms with Gasteiger partial charge < -0.3 is 25.4 Å². The number of hydrogen-bond acceptors (Lipinski definition) is 6. The Morgan fingerprint density at radius 3 is 2.50 bits per heavy atom. The molecular weight excluding hydrogens is 430 g/mol. The largest absolute Gasteiger partial charge is 0.508 e. The molecule has 1 saturated heterocycles. The predicted octanol–water partition coefficient (Wildman–Crippen LogP) is 4.84. The van der Waals surface area contributed by atoms with Crippen molar-refractivity contribution in [1.29, 1.82) is 0 Å². The molecule has 4 rings (SSSR count). The van der Waals surface area contributed by atoms with Crippen molar-refractivity contribution in [3.8, 4) is 33.9 Å². The third-order valence-electron chi connectivity index (χ3n) is 6.48. The molecular formula is C27H33N3O4. The first-order valence-electron chi connectivity index (χ1n) is 12.0. The monoisotopic (exact) mass is 463 g/mol. The molecule has 2 heterocycles. The maximum absolute atomic E-state index is 12.8. The van der Waals surface area contributed by atoms with E-state index in [1.54, 1.807) is 6.07 Å². The Bertz CT molecular complexity index is 1150. The molecule has 2 aromatic carbocycles. The van der Waals surface area contributed by atoms with Gasteiger partial charge in [0.05, 0.1) is 11.1 Å². The van der Waals surface area contributed by atoms with Crippen molar-refractivity contribution in [2.75, 3.05) is 19.6 Å². The minimum Gasteiger partial charge on any atom is -0.508 e. The zero-order valence-corrected chi connectivity index (χ0v) is 20.0. The van der Waals surface area contributed by atoms with E-state index in [1.165, 1.54) is 24.5 Å². The van der Waals surface area contributed by atoms with Gasteiger partial charge in [0.25, 0.3) is 5.91 Å². The number of hydrogen-bond donors (Lipinski definition) is 4. The third kappa shape index (κ3) is 4.94. The Morgan fingerprint density at radius 1 is 1.15 bits per heavy atom. The van der Waals surface area contributed by atoms with E-state index >= 15 is 0 Å². The first kappa shape index (κ1) is 23.8. The van der Waals surface area contributed by atoms with Crippen LogP contribution < -0.4 is 10.6 Å². The Hall–Kier alpha value is -3.32. The molecule has 0 saturated carbocycles. The Labute approximate surface area is 200 Å². The normalized spacial score (nSPS) is 14.5.